The number of amides is 1. The molecular formula is C19H18Cl2N6O2. The Hall–Kier alpha value is -2.81. The summed E-state index contributed by atoms with van der Waals surface area (Å²) >= 11 is 12.5. The van der Waals surface area contributed by atoms with Crippen LogP contribution >= 0.6 is 23.2 Å². The SMILES string of the molecule is NC(=O)c1nn(-c2c(Cl)cccc2Cl)cc1Nc1ccc(N2CCOCC2)cn1. The van der Waals surface area contributed by atoms with Crippen molar-refractivity contribution >= 4 is 46.3 Å². The van der Waals surface area contributed by atoms with Gasteiger partial charge in [0.05, 0.1) is 47.0 Å². The van der Waals surface area contributed by atoms with E-state index in [1.165, 1.54) is 4.68 Å². The van der Waals surface area contributed by atoms with Crippen molar-refractivity contribution < 1.29 is 9.53 Å². The number of primary amides is 1. The summed E-state index contributed by atoms with van der Waals surface area (Å²) < 4.78 is 6.79. The van der Waals surface area contributed by atoms with Crippen molar-refractivity contribution in [3.8, 4) is 5.69 Å². The lowest BCUT2D eigenvalue weighted by molar-refractivity contribution is 0.0996. The number of hydrogen-bond donors (Lipinski definition) is 2. The minimum absolute atomic E-state index is 0.0556. The number of halogens is 2. The molecule has 1 amide bonds. The van der Waals surface area contributed by atoms with Gasteiger partial charge in [0, 0.05) is 13.1 Å². The van der Waals surface area contributed by atoms with E-state index in [0.29, 0.717) is 40.5 Å². The lowest BCUT2D eigenvalue weighted by atomic mass is 10.3. The van der Waals surface area contributed by atoms with E-state index in [-0.39, 0.29) is 5.69 Å². The number of aromatic nitrogens is 3. The van der Waals surface area contributed by atoms with Crippen LogP contribution in [0.5, 0.6) is 0 Å². The summed E-state index contributed by atoms with van der Waals surface area (Å²) in [5.41, 5.74) is 7.42. The quantitative estimate of drug-likeness (QED) is 0.641. The topological polar surface area (TPSA) is 98.3 Å². The van der Waals surface area contributed by atoms with Crippen molar-refractivity contribution in [2.45, 2.75) is 0 Å². The number of benzene rings is 1. The fourth-order valence-corrected chi connectivity index (χ4v) is 3.65. The number of nitrogens with one attached hydrogen (secondary N) is 1. The zero-order chi connectivity index (χ0) is 20.4. The van der Waals surface area contributed by atoms with Gasteiger partial charge in [-0.25, -0.2) is 9.67 Å². The molecule has 1 aliphatic rings. The number of carbonyl (C=O) groups is 1. The van der Waals surface area contributed by atoms with Gasteiger partial charge in [-0.1, -0.05) is 29.3 Å². The average molecular weight is 433 g/mol. The Morgan fingerprint density at radius 3 is 2.48 bits per heavy atom. The monoisotopic (exact) mass is 432 g/mol. The van der Waals surface area contributed by atoms with Crippen molar-refractivity contribution in [1.82, 2.24) is 14.8 Å². The minimum Gasteiger partial charge on any atom is -0.378 e. The standard InChI is InChI=1S/C19H18Cl2N6O2/c20-13-2-1-3-14(21)18(13)27-11-15(17(25-27)19(22)28)24-16-5-4-12(10-23-16)26-6-8-29-9-7-26/h1-5,10-11H,6-9H2,(H2,22,28)(H,23,24). The van der Waals surface area contributed by atoms with E-state index in [1.54, 1.807) is 30.6 Å². The number of ether oxygens (including phenoxy) is 1. The van der Waals surface area contributed by atoms with Crippen molar-refractivity contribution in [3.63, 3.8) is 0 Å². The van der Waals surface area contributed by atoms with E-state index in [0.717, 1.165) is 18.8 Å². The van der Waals surface area contributed by atoms with E-state index < -0.39 is 5.91 Å². The van der Waals surface area contributed by atoms with Crippen molar-refractivity contribution in [1.29, 1.82) is 0 Å². The second-order valence-electron chi connectivity index (χ2n) is 6.40. The maximum absolute atomic E-state index is 11.9. The van der Waals surface area contributed by atoms with Gasteiger partial charge in [0.15, 0.2) is 5.69 Å². The highest BCUT2D eigenvalue weighted by Gasteiger charge is 2.18. The number of hydrogen-bond acceptors (Lipinski definition) is 6. The number of anilines is 3. The number of nitrogens with zero attached hydrogens (tertiary/aromatic N) is 4. The molecule has 0 atom stereocenters. The second kappa shape index (κ2) is 8.28. The van der Waals surface area contributed by atoms with E-state index in [2.05, 4.69) is 20.3 Å². The molecule has 2 aromatic heterocycles. The van der Waals surface area contributed by atoms with E-state index in [1.807, 2.05) is 12.1 Å². The first kappa shape index (κ1) is 19.5. The summed E-state index contributed by atoms with van der Waals surface area (Å²) in [4.78, 5) is 18.5. The molecule has 0 radical (unpaired) electrons. The van der Waals surface area contributed by atoms with Gasteiger partial charge in [-0.15, -0.1) is 0 Å². The van der Waals surface area contributed by atoms with E-state index in [4.69, 9.17) is 33.7 Å². The van der Waals surface area contributed by atoms with Gasteiger partial charge < -0.3 is 20.7 Å². The van der Waals surface area contributed by atoms with Gasteiger partial charge in [-0.3, -0.25) is 4.79 Å². The molecule has 0 unspecified atom stereocenters. The van der Waals surface area contributed by atoms with E-state index in [9.17, 15) is 4.79 Å². The van der Waals surface area contributed by atoms with Crippen LogP contribution in [0.25, 0.3) is 5.69 Å². The Morgan fingerprint density at radius 2 is 1.86 bits per heavy atom. The summed E-state index contributed by atoms with van der Waals surface area (Å²) in [6, 6.07) is 8.89. The third-order valence-electron chi connectivity index (χ3n) is 4.50. The lowest BCUT2D eigenvalue weighted by Gasteiger charge is -2.28. The maximum atomic E-state index is 11.9. The van der Waals surface area contributed by atoms with Crippen LogP contribution in [-0.2, 0) is 4.74 Å². The highest BCUT2D eigenvalue weighted by molar-refractivity contribution is 6.37. The van der Waals surface area contributed by atoms with Crippen LogP contribution in [0.3, 0.4) is 0 Å². The summed E-state index contributed by atoms with van der Waals surface area (Å²) in [6.07, 6.45) is 3.37. The molecule has 10 heteroatoms. The third kappa shape index (κ3) is 4.14. The number of rotatable bonds is 5. The molecule has 1 aliphatic heterocycles. The second-order valence-corrected chi connectivity index (χ2v) is 7.21. The first-order valence-corrected chi connectivity index (χ1v) is 9.68. The molecule has 0 spiro atoms. The molecule has 3 aromatic rings. The minimum atomic E-state index is -0.681. The molecule has 150 valence electrons. The Bertz CT molecular complexity index is 1010. The summed E-state index contributed by atoms with van der Waals surface area (Å²) in [5, 5.41) is 8.14. The molecule has 1 fully saturated rings. The number of morpholine rings is 1. The van der Waals surface area contributed by atoms with Gasteiger partial charge >= 0.3 is 0 Å². The Morgan fingerprint density at radius 1 is 1.14 bits per heavy atom. The molecule has 1 aromatic carbocycles. The largest absolute Gasteiger partial charge is 0.378 e. The van der Waals surface area contributed by atoms with Crippen LogP contribution in [0.2, 0.25) is 10.0 Å². The number of carbonyl (C=O) groups excluding carboxylic acids is 1. The van der Waals surface area contributed by atoms with Gasteiger partial charge in [0.25, 0.3) is 5.91 Å². The molecule has 4 rings (SSSR count). The summed E-state index contributed by atoms with van der Waals surface area (Å²) in [6.45, 7) is 3.05. The van der Waals surface area contributed by atoms with Crippen LogP contribution in [0.1, 0.15) is 10.5 Å². The van der Waals surface area contributed by atoms with Crippen LogP contribution in [0, 0.1) is 0 Å². The summed E-state index contributed by atoms with van der Waals surface area (Å²) in [7, 11) is 0. The van der Waals surface area contributed by atoms with Gasteiger partial charge in [-0.2, -0.15) is 5.10 Å². The molecule has 0 aliphatic carbocycles. The average Bonchev–Trinajstić information content (AvgIpc) is 3.13. The van der Waals surface area contributed by atoms with E-state index >= 15 is 0 Å². The van der Waals surface area contributed by atoms with Crippen molar-refractivity contribution in [3.05, 3.63) is 58.5 Å². The van der Waals surface area contributed by atoms with Crippen molar-refractivity contribution in [2.75, 3.05) is 36.5 Å². The lowest BCUT2D eigenvalue weighted by Crippen LogP contribution is -2.36. The Balaban J connectivity index is 1.61. The highest BCUT2D eigenvalue weighted by atomic mass is 35.5. The third-order valence-corrected chi connectivity index (χ3v) is 5.11. The fourth-order valence-electron chi connectivity index (χ4n) is 3.08. The number of para-hydroxylation sites is 1. The highest BCUT2D eigenvalue weighted by Crippen LogP contribution is 2.30. The van der Waals surface area contributed by atoms with Crippen LogP contribution < -0.4 is 16.0 Å². The Labute approximate surface area is 177 Å². The zero-order valence-corrected chi connectivity index (χ0v) is 16.8. The van der Waals surface area contributed by atoms with Gasteiger partial charge in [0.1, 0.15) is 11.5 Å². The normalized spacial score (nSPS) is 14.1. The molecule has 29 heavy (non-hydrogen) atoms. The molecule has 3 heterocycles. The van der Waals surface area contributed by atoms with Crippen LogP contribution in [-0.4, -0.2) is 47.0 Å². The molecule has 8 nitrogen and oxygen atoms in total. The molecule has 1 saturated heterocycles. The summed E-state index contributed by atoms with van der Waals surface area (Å²) in [5.74, 6) is -0.131. The van der Waals surface area contributed by atoms with Gasteiger partial charge in [0.2, 0.25) is 0 Å². The van der Waals surface area contributed by atoms with Gasteiger partial charge in [-0.05, 0) is 24.3 Å². The first-order chi connectivity index (χ1) is 14.0. The van der Waals surface area contributed by atoms with Crippen LogP contribution in [0.4, 0.5) is 17.2 Å². The molecule has 0 bridgehead atoms. The zero-order valence-electron chi connectivity index (χ0n) is 15.3. The predicted molar refractivity (Wildman–Crippen MR) is 113 cm³/mol. The first-order valence-electron chi connectivity index (χ1n) is 8.92. The number of pyridine rings is 1. The smallest absolute Gasteiger partial charge is 0.271 e. The molecule has 0 saturated carbocycles. The Kier molecular flexibility index (Phi) is 5.57. The number of nitrogens with two attached hydrogens (primary N) is 1. The molecule has 3 N–H and O–H groups in total. The van der Waals surface area contributed by atoms with Crippen molar-refractivity contribution in [2.24, 2.45) is 5.73 Å². The predicted octanol–water partition coefficient (Wildman–Crippen LogP) is 3.25. The molecular weight excluding hydrogens is 415 g/mol. The van der Waals surface area contributed by atoms with Crippen LogP contribution in [0.15, 0.2) is 42.7 Å². The maximum Gasteiger partial charge on any atom is 0.271 e. The fraction of sp³-hybridized carbons (Fsp3) is 0.211.